The first-order chi connectivity index (χ1) is 12.4. The van der Waals surface area contributed by atoms with Crippen LogP contribution < -0.4 is 4.90 Å². The molecule has 0 N–H and O–H groups in total. The monoisotopic (exact) mass is 371 g/mol. The average molecular weight is 371 g/mol. The van der Waals surface area contributed by atoms with Gasteiger partial charge in [-0.25, -0.2) is 8.42 Å². The third-order valence-electron chi connectivity index (χ3n) is 5.08. The third kappa shape index (κ3) is 3.04. The molecule has 1 amide bonds. The second-order valence-corrected chi connectivity index (χ2v) is 8.87. The third-order valence-corrected chi connectivity index (χ3v) is 6.19. The molecule has 0 fully saturated rings. The van der Waals surface area contributed by atoms with Crippen LogP contribution in [0.15, 0.2) is 47.4 Å². The normalized spacial score (nSPS) is 19.6. The van der Waals surface area contributed by atoms with Crippen LogP contribution >= 0.6 is 0 Å². The molecule has 0 saturated heterocycles. The van der Waals surface area contributed by atoms with E-state index in [1.54, 1.807) is 23.1 Å². The largest absolute Gasteiger partial charge is 0.363 e. The smallest absolute Gasteiger partial charge is 0.260 e. The summed E-state index contributed by atoms with van der Waals surface area (Å²) >= 11 is 0. The highest BCUT2D eigenvalue weighted by atomic mass is 32.2. The molecule has 0 radical (unpaired) electrons. The molecule has 0 aliphatic carbocycles. The number of hydrogen-bond acceptors (Lipinski definition) is 4. The highest BCUT2D eigenvalue weighted by molar-refractivity contribution is 7.90. The van der Waals surface area contributed by atoms with Gasteiger partial charge in [0.05, 0.1) is 11.5 Å². The van der Waals surface area contributed by atoms with Crippen molar-refractivity contribution in [2.75, 3.05) is 24.3 Å². The molecular formula is C20H21NO4S. The summed E-state index contributed by atoms with van der Waals surface area (Å²) in [6.45, 7) is 1.15. The number of benzene rings is 2. The standard InChI is InChI=1S/C20H21NO4S/c1-26(23,24)16-8-9-18-15(13-16)6-4-11-21(18)20(22)19-17-7-3-2-5-14(17)10-12-25-19/h2-3,5,7-9,13,19H,4,6,10-12H2,1H3. The van der Waals surface area contributed by atoms with Gasteiger partial charge in [-0.15, -0.1) is 0 Å². The van der Waals surface area contributed by atoms with Gasteiger partial charge in [0.1, 0.15) is 0 Å². The quantitative estimate of drug-likeness (QED) is 0.814. The molecule has 2 heterocycles. The van der Waals surface area contributed by atoms with Gasteiger partial charge in [0.2, 0.25) is 0 Å². The van der Waals surface area contributed by atoms with Crippen LogP contribution in [0.5, 0.6) is 0 Å². The van der Waals surface area contributed by atoms with E-state index >= 15 is 0 Å². The molecule has 6 heteroatoms. The fourth-order valence-electron chi connectivity index (χ4n) is 3.77. The lowest BCUT2D eigenvalue weighted by molar-refractivity contribution is -0.131. The Morgan fingerprint density at radius 1 is 1.12 bits per heavy atom. The van der Waals surface area contributed by atoms with Crippen molar-refractivity contribution in [1.82, 2.24) is 0 Å². The molecule has 5 nitrogen and oxygen atoms in total. The molecular weight excluding hydrogens is 350 g/mol. The molecule has 2 aromatic rings. The van der Waals surface area contributed by atoms with Gasteiger partial charge in [-0.3, -0.25) is 4.79 Å². The van der Waals surface area contributed by atoms with Crippen molar-refractivity contribution in [3.05, 3.63) is 59.2 Å². The average Bonchev–Trinajstić information content (AvgIpc) is 2.65. The van der Waals surface area contributed by atoms with E-state index < -0.39 is 15.9 Å². The number of fused-ring (bicyclic) bond motifs is 2. The van der Waals surface area contributed by atoms with Crippen molar-refractivity contribution in [2.24, 2.45) is 0 Å². The fraction of sp³-hybridized carbons (Fsp3) is 0.350. The molecule has 2 aliphatic heterocycles. The van der Waals surface area contributed by atoms with E-state index in [1.807, 2.05) is 24.3 Å². The van der Waals surface area contributed by atoms with E-state index in [4.69, 9.17) is 4.74 Å². The Balaban J connectivity index is 1.70. The van der Waals surface area contributed by atoms with E-state index in [2.05, 4.69) is 0 Å². The Kier molecular flexibility index (Phi) is 4.32. The van der Waals surface area contributed by atoms with Crippen molar-refractivity contribution in [3.8, 4) is 0 Å². The number of nitrogens with zero attached hydrogens (tertiary/aromatic N) is 1. The van der Waals surface area contributed by atoms with Crippen molar-refractivity contribution >= 4 is 21.4 Å². The summed E-state index contributed by atoms with van der Waals surface area (Å²) in [6.07, 6.45) is 2.99. The predicted molar refractivity (Wildman–Crippen MR) is 99.1 cm³/mol. The number of ether oxygens (including phenoxy) is 1. The van der Waals surface area contributed by atoms with Crippen LogP contribution in [-0.4, -0.2) is 33.7 Å². The zero-order valence-electron chi connectivity index (χ0n) is 14.6. The topological polar surface area (TPSA) is 63.7 Å². The predicted octanol–water partition coefficient (Wildman–Crippen LogP) is 2.68. The lowest BCUT2D eigenvalue weighted by Gasteiger charge is -2.34. The maximum Gasteiger partial charge on any atom is 0.260 e. The van der Waals surface area contributed by atoms with E-state index in [0.717, 1.165) is 41.6 Å². The van der Waals surface area contributed by atoms with Gasteiger partial charge >= 0.3 is 0 Å². The second-order valence-electron chi connectivity index (χ2n) is 6.86. The Morgan fingerprint density at radius 3 is 2.73 bits per heavy atom. The maximum absolute atomic E-state index is 13.2. The van der Waals surface area contributed by atoms with E-state index in [0.29, 0.717) is 18.0 Å². The van der Waals surface area contributed by atoms with E-state index in [1.165, 1.54) is 6.26 Å². The zero-order valence-corrected chi connectivity index (χ0v) is 15.5. The SMILES string of the molecule is CS(=O)(=O)c1ccc2c(c1)CCCN2C(=O)C1OCCc2ccccc21. The number of amides is 1. The highest BCUT2D eigenvalue weighted by Crippen LogP contribution is 2.34. The number of anilines is 1. The lowest BCUT2D eigenvalue weighted by Crippen LogP contribution is -2.41. The minimum absolute atomic E-state index is 0.0785. The van der Waals surface area contributed by atoms with Gasteiger partial charge in [-0.05, 0) is 54.2 Å². The van der Waals surface area contributed by atoms with Gasteiger partial charge in [-0.1, -0.05) is 24.3 Å². The summed E-state index contributed by atoms with van der Waals surface area (Å²) in [5.41, 5.74) is 3.78. The molecule has 1 atom stereocenters. The summed E-state index contributed by atoms with van der Waals surface area (Å²) in [5.74, 6) is -0.0785. The van der Waals surface area contributed by atoms with E-state index in [9.17, 15) is 13.2 Å². The van der Waals surface area contributed by atoms with Crippen molar-refractivity contribution in [2.45, 2.75) is 30.3 Å². The fourth-order valence-corrected chi connectivity index (χ4v) is 4.44. The molecule has 0 spiro atoms. The summed E-state index contributed by atoms with van der Waals surface area (Å²) in [5, 5.41) is 0. The number of carbonyl (C=O) groups excluding carboxylic acids is 1. The minimum atomic E-state index is -3.26. The molecule has 0 bridgehead atoms. The van der Waals surface area contributed by atoms with Crippen LogP contribution in [0.2, 0.25) is 0 Å². The summed E-state index contributed by atoms with van der Waals surface area (Å²) in [4.78, 5) is 15.3. The van der Waals surface area contributed by atoms with E-state index in [-0.39, 0.29) is 5.91 Å². The van der Waals surface area contributed by atoms with Gasteiger partial charge in [0, 0.05) is 18.5 Å². The van der Waals surface area contributed by atoms with Crippen molar-refractivity contribution in [1.29, 1.82) is 0 Å². The van der Waals surface area contributed by atoms with Gasteiger partial charge in [0.15, 0.2) is 15.9 Å². The molecule has 0 saturated carbocycles. The number of rotatable bonds is 2. The summed E-state index contributed by atoms with van der Waals surface area (Å²) in [7, 11) is -3.26. The molecule has 136 valence electrons. The molecule has 2 aromatic carbocycles. The Labute approximate surface area is 153 Å². The highest BCUT2D eigenvalue weighted by Gasteiger charge is 2.33. The lowest BCUT2D eigenvalue weighted by atomic mass is 9.95. The number of sulfone groups is 1. The molecule has 1 unspecified atom stereocenters. The first-order valence-corrected chi connectivity index (χ1v) is 10.7. The Hall–Kier alpha value is -2.18. The summed E-state index contributed by atoms with van der Waals surface area (Å²) in [6, 6.07) is 12.9. The molecule has 2 aliphatic rings. The first-order valence-electron chi connectivity index (χ1n) is 8.79. The van der Waals surface area contributed by atoms with Crippen LogP contribution in [0.3, 0.4) is 0 Å². The first kappa shape index (κ1) is 17.2. The Bertz CT molecular complexity index is 968. The number of aryl methyl sites for hydroxylation is 1. The number of carbonyl (C=O) groups is 1. The molecule has 4 rings (SSSR count). The maximum atomic E-state index is 13.2. The van der Waals surface area contributed by atoms with Crippen LogP contribution in [0.4, 0.5) is 5.69 Å². The van der Waals surface area contributed by atoms with Crippen molar-refractivity contribution < 1.29 is 17.9 Å². The number of hydrogen-bond donors (Lipinski definition) is 0. The van der Waals surface area contributed by atoms with Crippen LogP contribution in [0.1, 0.15) is 29.2 Å². The van der Waals surface area contributed by atoms with Gasteiger partial charge in [0.25, 0.3) is 5.91 Å². The zero-order chi connectivity index (χ0) is 18.3. The van der Waals surface area contributed by atoms with Gasteiger partial charge in [-0.2, -0.15) is 0 Å². The van der Waals surface area contributed by atoms with Crippen LogP contribution in [0.25, 0.3) is 0 Å². The van der Waals surface area contributed by atoms with Crippen LogP contribution in [-0.2, 0) is 32.2 Å². The minimum Gasteiger partial charge on any atom is -0.363 e. The molecule has 26 heavy (non-hydrogen) atoms. The van der Waals surface area contributed by atoms with Crippen LogP contribution in [0, 0.1) is 0 Å². The van der Waals surface area contributed by atoms with Gasteiger partial charge < -0.3 is 9.64 Å². The second kappa shape index (κ2) is 6.52. The Morgan fingerprint density at radius 2 is 1.92 bits per heavy atom. The summed E-state index contributed by atoms with van der Waals surface area (Å²) < 4.78 is 29.5. The molecule has 0 aromatic heterocycles. The van der Waals surface area contributed by atoms with Crippen molar-refractivity contribution in [3.63, 3.8) is 0 Å².